The fourth-order valence-corrected chi connectivity index (χ4v) is 4.76. The Hall–Kier alpha value is -5.25. The van der Waals surface area contributed by atoms with Crippen LogP contribution in [-0.4, -0.2) is 42.9 Å². The maximum Gasteiger partial charge on any atom is 0.261 e. The van der Waals surface area contributed by atoms with E-state index >= 15 is 0 Å². The van der Waals surface area contributed by atoms with E-state index in [-0.39, 0.29) is 11.8 Å². The highest BCUT2D eigenvalue weighted by Gasteiger charge is 2.37. The number of methoxy groups -OCH3 is 3. The van der Waals surface area contributed by atoms with Gasteiger partial charge in [-0.25, -0.2) is 4.68 Å². The van der Waals surface area contributed by atoms with Crippen LogP contribution in [0, 0.1) is 6.92 Å². The first-order chi connectivity index (χ1) is 19.8. The number of carbonyl (C=O) groups excluding carboxylic acids is 2. The summed E-state index contributed by atoms with van der Waals surface area (Å²) < 4.78 is 18.0. The second-order valence-electron chi connectivity index (χ2n) is 9.53. The number of hydrogen-bond acceptors (Lipinski definition) is 7. The maximum atomic E-state index is 13.9. The lowest BCUT2D eigenvalue weighted by molar-refractivity contribution is -0.113. The van der Waals surface area contributed by atoms with Gasteiger partial charge in [-0.15, -0.1) is 0 Å². The van der Waals surface area contributed by atoms with Crippen LogP contribution in [0.5, 0.6) is 17.2 Å². The number of aryl methyl sites for hydroxylation is 1. The number of nitrogens with one attached hydrogen (secondary N) is 3. The number of hydrogen-bond donors (Lipinski definition) is 3. The van der Waals surface area contributed by atoms with Crippen LogP contribution in [0.25, 0.3) is 0 Å². The molecule has 0 aliphatic carbocycles. The van der Waals surface area contributed by atoms with Gasteiger partial charge in [0.2, 0.25) is 0 Å². The topological polar surface area (TPSA) is 116 Å². The molecule has 1 unspecified atom stereocenters. The van der Waals surface area contributed by atoms with Crippen molar-refractivity contribution in [3.63, 3.8) is 0 Å². The molecule has 1 atom stereocenters. The molecule has 0 saturated carbocycles. The first-order valence-electron chi connectivity index (χ1n) is 12.9. The van der Waals surface area contributed by atoms with Gasteiger partial charge in [-0.2, -0.15) is 5.10 Å². The quantitative estimate of drug-likeness (QED) is 0.268. The lowest BCUT2D eigenvalue weighted by Crippen LogP contribution is -2.32. The number of allylic oxidation sites excluding steroid dienone is 1. The van der Waals surface area contributed by atoms with Crippen molar-refractivity contribution in [1.82, 2.24) is 9.78 Å². The Balaban J connectivity index is 1.58. The van der Waals surface area contributed by atoms with Crippen LogP contribution in [0.15, 0.2) is 84.2 Å². The average Bonchev–Trinajstić information content (AvgIpc) is 3.41. The van der Waals surface area contributed by atoms with Crippen molar-refractivity contribution in [2.75, 3.05) is 37.3 Å². The Morgan fingerprint density at radius 2 is 1.41 bits per heavy atom. The number of rotatable bonds is 8. The molecule has 4 aromatic rings. The molecule has 0 spiro atoms. The summed E-state index contributed by atoms with van der Waals surface area (Å²) >= 11 is 0. The molecule has 10 nitrogen and oxygen atoms in total. The zero-order chi connectivity index (χ0) is 29.1. The molecule has 3 aromatic carbocycles. The second-order valence-corrected chi connectivity index (χ2v) is 9.53. The van der Waals surface area contributed by atoms with E-state index in [1.807, 2.05) is 31.2 Å². The van der Waals surface area contributed by atoms with Crippen LogP contribution < -0.4 is 30.2 Å². The molecule has 5 rings (SSSR count). The highest BCUT2D eigenvalue weighted by molar-refractivity contribution is 6.09. The third-order valence-corrected chi connectivity index (χ3v) is 6.90. The molecule has 210 valence electrons. The molecule has 1 aliphatic heterocycles. The van der Waals surface area contributed by atoms with E-state index in [4.69, 9.17) is 14.2 Å². The predicted octanol–water partition coefficient (Wildman–Crippen LogP) is 5.40. The largest absolute Gasteiger partial charge is 0.497 e. The average molecular weight is 554 g/mol. The summed E-state index contributed by atoms with van der Waals surface area (Å²) in [6, 6.07) is 19.2. The van der Waals surface area contributed by atoms with Gasteiger partial charge in [0.05, 0.1) is 33.1 Å². The first kappa shape index (κ1) is 27.3. The fourth-order valence-electron chi connectivity index (χ4n) is 4.76. The molecule has 0 fully saturated rings. The molecular weight excluding hydrogens is 522 g/mol. The zero-order valence-electron chi connectivity index (χ0n) is 23.4. The minimum Gasteiger partial charge on any atom is -0.497 e. The van der Waals surface area contributed by atoms with E-state index < -0.39 is 6.04 Å². The Morgan fingerprint density at radius 3 is 2.05 bits per heavy atom. The van der Waals surface area contributed by atoms with Gasteiger partial charge >= 0.3 is 0 Å². The molecule has 1 aliphatic rings. The van der Waals surface area contributed by atoms with Crippen molar-refractivity contribution in [2.45, 2.75) is 19.9 Å². The van der Waals surface area contributed by atoms with E-state index in [0.717, 1.165) is 5.56 Å². The minimum atomic E-state index is -0.740. The van der Waals surface area contributed by atoms with Crippen LogP contribution in [0.3, 0.4) is 0 Å². The summed E-state index contributed by atoms with van der Waals surface area (Å²) in [6.45, 7) is 3.77. The van der Waals surface area contributed by atoms with Crippen LogP contribution in [-0.2, 0) is 4.79 Å². The Bertz CT molecular complexity index is 1620. The van der Waals surface area contributed by atoms with Crippen molar-refractivity contribution >= 4 is 29.0 Å². The normalized spacial score (nSPS) is 14.0. The maximum absolute atomic E-state index is 13.9. The Labute approximate surface area is 237 Å². The smallest absolute Gasteiger partial charge is 0.261 e. The summed E-state index contributed by atoms with van der Waals surface area (Å²) in [5.74, 6) is 1.56. The van der Waals surface area contributed by atoms with Crippen LogP contribution in [0.2, 0.25) is 0 Å². The third kappa shape index (κ3) is 5.44. The molecule has 2 amide bonds. The number of amides is 2. The molecule has 10 heteroatoms. The van der Waals surface area contributed by atoms with Gasteiger partial charge in [-0.3, -0.25) is 9.59 Å². The summed E-state index contributed by atoms with van der Waals surface area (Å²) in [7, 11) is 4.71. The number of fused-ring (bicyclic) bond motifs is 1. The van der Waals surface area contributed by atoms with Crippen LogP contribution in [0.1, 0.15) is 34.5 Å². The molecule has 0 radical (unpaired) electrons. The van der Waals surface area contributed by atoms with E-state index in [9.17, 15) is 9.59 Å². The number of carbonyl (C=O) groups is 2. The SMILES string of the molecule is COc1ccc(NC(=O)C2=C(C)Nc3c(C(=O)Nc4ccc(C)cc4)cnn3C2c2cc(OC)ccc2OC)cc1. The summed E-state index contributed by atoms with van der Waals surface area (Å²) in [5.41, 5.74) is 4.26. The van der Waals surface area contributed by atoms with Crippen molar-refractivity contribution in [3.8, 4) is 17.2 Å². The van der Waals surface area contributed by atoms with Crippen LogP contribution in [0.4, 0.5) is 17.2 Å². The lowest BCUT2D eigenvalue weighted by atomic mass is 9.93. The second kappa shape index (κ2) is 11.5. The number of ether oxygens (including phenoxy) is 3. The molecule has 0 saturated heterocycles. The zero-order valence-corrected chi connectivity index (χ0v) is 23.4. The number of anilines is 3. The number of benzene rings is 3. The van der Waals surface area contributed by atoms with E-state index in [2.05, 4.69) is 21.0 Å². The van der Waals surface area contributed by atoms with Crippen molar-refractivity contribution in [3.05, 3.63) is 101 Å². The molecule has 1 aromatic heterocycles. The fraction of sp³-hybridized carbons (Fsp3) is 0.194. The Morgan fingerprint density at radius 1 is 0.805 bits per heavy atom. The van der Waals surface area contributed by atoms with E-state index in [0.29, 0.717) is 56.8 Å². The lowest BCUT2D eigenvalue weighted by Gasteiger charge is -2.31. The van der Waals surface area contributed by atoms with E-state index in [1.54, 1.807) is 75.4 Å². The van der Waals surface area contributed by atoms with Crippen molar-refractivity contribution in [2.24, 2.45) is 0 Å². The summed E-state index contributed by atoms with van der Waals surface area (Å²) in [4.78, 5) is 27.2. The third-order valence-electron chi connectivity index (χ3n) is 6.90. The highest BCUT2D eigenvalue weighted by atomic mass is 16.5. The van der Waals surface area contributed by atoms with Gasteiger partial charge in [-0.05, 0) is 68.4 Å². The molecule has 41 heavy (non-hydrogen) atoms. The highest BCUT2D eigenvalue weighted by Crippen LogP contribution is 2.42. The monoisotopic (exact) mass is 553 g/mol. The van der Waals surface area contributed by atoms with Crippen molar-refractivity contribution in [1.29, 1.82) is 0 Å². The summed E-state index contributed by atoms with van der Waals surface area (Å²) in [5, 5.41) is 13.7. The molecule has 3 N–H and O–H groups in total. The molecule has 0 bridgehead atoms. The van der Waals surface area contributed by atoms with Gasteiger partial charge < -0.3 is 30.2 Å². The van der Waals surface area contributed by atoms with Gasteiger partial charge in [-0.1, -0.05) is 17.7 Å². The number of nitrogens with zero attached hydrogens (tertiary/aromatic N) is 2. The van der Waals surface area contributed by atoms with Gasteiger partial charge in [0.1, 0.15) is 34.7 Å². The molecular formula is C31H31N5O5. The predicted molar refractivity (Wildman–Crippen MR) is 157 cm³/mol. The van der Waals surface area contributed by atoms with E-state index in [1.165, 1.54) is 6.20 Å². The standard InChI is InChI=1S/C31H31N5O5/c1-18-6-8-20(9-7-18)34-30(37)25-17-32-36-28(24-16-23(40-4)14-15-26(24)41-5)27(19(2)33-29(25)36)31(38)35-21-10-12-22(39-3)13-11-21/h6-17,28,33H,1-5H3,(H,34,37)(H,35,38). The number of aromatic nitrogens is 2. The van der Waals surface area contributed by atoms with Gasteiger partial charge in [0.25, 0.3) is 11.8 Å². The Kier molecular flexibility index (Phi) is 7.64. The minimum absolute atomic E-state index is 0.325. The van der Waals surface area contributed by atoms with Crippen LogP contribution >= 0.6 is 0 Å². The first-order valence-corrected chi connectivity index (χ1v) is 12.9. The van der Waals surface area contributed by atoms with Gasteiger partial charge in [0, 0.05) is 22.6 Å². The summed E-state index contributed by atoms with van der Waals surface area (Å²) in [6.07, 6.45) is 1.49. The van der Waals surface area contributed by atoms with Gasteiger partial charge in [0.15, 0.2) is 0 Å². The molecule has 2 heterocycles. The van der Waals surface area contributed by atoms with Crippen molar-refractivity contribution < 1.29 is 23.8 Å².